The van der Waals surface area contributed by atoms with Crippen molar-refractivity contribution in [2.45, 2.75) is 42.8 Å². The Bertz CT molecular complexity index is 376. The van der Waals surface area contributed by atoms with Crippen LogP contribution in [0.2, 0.25) is 0 Å². The van der Waals surface area contributed by atoms with Gasteiger partial charge < -0.3 is 5.11 Å². The van der Waals surface area contributed by atoms with Gasteiger partial charge in [-0.05, 0) is 13.3 Å². The molecule has 1 heterocycles. The van der Waals surface area contributed by atoms with Gasteiger partial charge in [-0.3, -0.25) is 10.1 Å². The predicted octanol–water partition coefficient (Wildman–Crippen LogP) is 3.60. The zero-order valence-electron chi connectivity index (χ0n) is 9.47. The molecule has 1 N–H and O–H groups in total. The first-order valence-electron chi connectivity index (χ1n) is 5.08. The van der Waals surface area contributed by atoms with Gasteiger partial charge in [0.1, 0.15) is 4.21 Å². The SMILES string of the molecule is CCC(C)Sc1sc([C@@H](C)O)cc1[N+](=O)[O-]. The first-order chi connectivity index (χ1) is 7.45. The molecule has 6 heteroatoms. The Morgan fingerprint density at radius 1 is 1.62 bits per heavy atom. The zero-order chi connectivity index (χ0) is 12.3. The van der Waals surface area contributed by atoms with Crippen LogP contribution in [-0.2, 0) is 0 Å². The smallest absolute Gasteiger partial charge is 0.294 e. The van der Waals surface area contributed by atoms with E-state index < -0.39 is 6.10 Å². The largest absolute Gasteiger partial charge is 0.388 e. The van der Waals surface area contributed by atoms with E-state index in [0.717, 1.165) is 6.42 Å². The van der Waals surface area contributed by atoms with Crippen LogP contribution < -0.4 is 0 Å². The van der Waals surface area contributed by atoms with Crippen molar-refractivity contribution in [1.82, 2.24) is 0 Å². The van der Waals surface area contributed by atoms with Crippen molar-refractivity contribution in [1.29, 1.82) is 0 Å². The van der Waals surface area contributed by atoms with Crippen LogP contribution in [0.3, 0.4) is 0 Å². The van der Waals surface area contributed by atoms with Crippen molar-refractivity contribution in [3.63, 3.8) is 0 Å². The van der Waals surface area contributed by atoms with Crippen LogP contribution in [0.15, 0.2) is 10.3 Å². The molecule has 0 bridgehead atoms. The van der Waals surface area contributed by atoms with Gasteiger partial charge in [0.05, 0.1) is 11.0 Å². The topological polar surface area (TPSA) is 63.4 Å². The molecule has 1 rings (SSSR count). The van der Waals surface area contributed by atoms with E-state index in [0.29, 0.717) is 14.3 Å². The van der Waals surface area contributed by atoms with Crippen molar-refractivity contribution in [3.8, 4) is 0 Å². The van der Waals surface area contributed by atoms with Crippen molar-refractivity contribution < 1.29 is 10.0 Å². The summed E-state index contributed by atoms with van der Waals surface area (Å²) < 4.78 is 0.690. The van der Waals surface area contributed by atoms with Gasteiger partial charge in [-0.15, -0.1) is 23.1 Å². The minimum atomic E-state index is -0.644. The molecular weight excluding hydrogens is 246 g/mol. The van der Waals surface area contributed by atoms with E-state index in [1.165, 1.54) is 29.2 Å². The maximum atomic E-state index is 10.8. The zero-order valence-corrected chi connectivity index (χ0v) is 11.1. The standard InChI is InChI=1S/C10H15NO3S2/c1-4-6(2)15-10-8(11(13)14)5-9(16-10)7(3)12/h5-7,12H,4H2,1-3H3/t6?,7-/m1/s1. The quantitative estimate of drug-likeness (QED) is 0.499. The first kappa shape index (κ1) is 13.5. The Labute approximate surface area is 103 Å². The molecule has 1 unspecified atom stereocenters. The third-order valence-electron chi connectivity index (χ3n) is 2.19. The van der Waals surface area contributed by atoms with Gasteiger partial charge in [0.25, 0.3) is 5.69 Å². The van der Waals surface area contributed by atoms with Gasteiger partial charge in [0.2, 0.25) is 0 Å². The normalized spacial score (nSPS) is 14.8. The van der Waals surface area contributed by atoms with E-state index in [9.17, 15) is 15.2 Å². The van der Waals surface area contributed by atoms with Gasteiger partial charge in [0, 0.05) is 16.2 Å². The van der Waals surface area contributed by atoms with Gasteiger partial charge >= 0.3 is 0 Å². The van der Waals surface area contributed by atoms with E-state index in [-0.39, 0.29) is 10.6 Å². The van der Waals surface area contributed by atoms with Gasteiger partial charge in [-0.1, -0.05) is 13.8 Å². The van der Waals surface area contributed by atoms with Crippen LogP contribution in [0.1, 0.15) is 38.2 Å². The molecule has 0 aromatic carbocycles. The molecule has 90 valence electrons. The molecule has 0 saturated heterocycles. The minimum Gasteiger partial charge on any atom is -0.388 e. The van der Waals surface area contributed by atoms with Gasteiger partial charge in [-0.2, -0.15) is 0 Å². The predicted molar refractivity (Wildman–Crippen MR) is 67.2 cm³/mol. The van der Waals surface area contributed by atoms with E-state index in [1.54, 1.807) is 6.92 Å². The number of aliphatic hydroxyl groups excluding tert-OH is 1. The fraction of sp³-hybridized carbons (Fsp3) is 0.600. The molecule has 1 aromatic heterocycles. The third kappa shape index (κ3) is 3.20. The maximum Gasteiger partial charge on any atom is 0.294 e. The summed E-state index contributed by atoms with van der Waals surface area (Å²) >= 11 is 2.81. The van der Waals surface area contributed by atoms with Gasteiger partial charge in [0.15, 0.2) is 0 Å². The second kappa shape index (κ2) is 5.65. The van der Waals surface area contributed by atoms with Crippen LogP contribution in [0.25, 0.3) is 0 Å². The number of hydrogen-bond acceptors (Lipinski definition) is 5. The van der Waals surface area contributed by atoms with Crippen LogP contribution in [0.4, 0.5) is 5.69 Å². The van der Waals surface area contributed by atoms with Crippen molar-refractivity contribution in [3.05, 3.63) is 21.1 Å². The van der Waals surface area contributed by atoms with Crippen molar-refractivity contribution >= 4 is 28.8 Å². The lowest BCUT2D eigenvalue weighted by atomic mass is 10.3. The summed E-state index contributed by atoms with van der Waals surface area (Å²) in [6, 6.07) is 1.47. The number of hydrogen-bond donors (Lipinski definition) is 1. The summed E-state index contributed by atoms with van der Waals surface area (Å²) in [6.07, 6.45) is 0.319. The van der Waals surface area contributed by atoms with Crippen LogP contribution in [-0.4, -0.2) is 15.3 Å². The first-order valence-corrected chi connectivity index (χ1v) is 6.78. The molecule has 0 saturated carbocycles. The Hall–Kier alpha value is -0.590. The molecule has 0 aliphatic rings. The lowest BCUT2D eigenvalue weighted by Gasteiger charge is -2.04. The minimum absolute atomic E-state index is 0.117. The van der Waals surface area contributed by atoms with E-state index >= 15 is 0 Å². The van der Waals surface area contributed by atoms with E-state index in [2.05, 4.69) is 0 Å². The average molecular weight is 261 g/mol. The summed E-state index contributed by atoms with van der Waals surface area (Å²) in [7, 11) is 0. The monoisotopic (exact) mass is 261 g/mol. The number of nitro groups is 1. The number of rotatable bonds is 5. The fourth-order valence-corrected chi connectivity index (χ4v) is 3.62. The molecule has 2 atom stereocenters. The molecule has 0 aliphatic heterocycles. The Morgan fingerprint density at radius 3 is 2.69 bits per heavy atom. The third-order valence-corrected chi connectivity index (χ3v) is 4.98. The fourth-order valence-electron chi connectivity index (χ4n) is 1.07. The number of thioether (sulfide) groups is 1. The van der Waals surface area contributed by atoms with Crippen molar-refractivity contribution in [2.75, 3.05) is 0 Å². The molecule has 0 amide bonds. The Balaban J connectivity index is 3.00. The lowest BCUT2D eigenvalue weighted by Crippen LogP contribution is -1.93. The molecule has 1 aromatic rings. The van der Waals surface area contributed by atoms with Crippen molar-refractivity contribution in [2.24, 2.45) is 0 Å². The highest BCUT2D eigenvalue weighted by atomic mass is 32.2. The molecule has 0 fully saturated rings. The summed E-state index contributed by atoms with van der Waals surface area (Å²) in [5, 5.41) is 20.6. The second-order valence-electron chi connectivity index (χ2n) is 3.59. The van der Waals surface area contributed by atoms with Crippen LogP contribution in [0, 0.1) is 10.1 Å². The molecule has 16 heavy (non-hydrogen) atoms. The Morgan fingerprint density at radius 2 is 2.25 bits per heavy atom. The number of aliphatic hydroxyl groups is 1. The average Bonchev–Trinajstić information content (AvgIpc) is 2.61. The van der Waals surface area contributed by atoms with E-state index in [1.807, 2.05) is 13.8 Å². The van der Waals surface area contributed by atoms with E-state index in [4.69, 9.17) is 0 Å². The van der Waals surface area contributed by atoms with Crippen LogP contribution in [0.5, 0.6) is 0 Å². The summed E-state index contributed by atoms with van der Waals surface area (Å²) in [5.74, 6) is 0. The Kier molecular flexibility index (Phi) is 4.76. The van der Waals surface area contributed by atoms with Crippen LogP contribution >= 0.6 is 23.1 Å². The van der Waals surface area contributed by atoms with Gasteiger partial charge in [-0.25, -0.2) is 0 Å². The number of nitrogens with zero attached hydrogens (tertiary/aromatic N) is 1. The molecule has 0 spiro atoms. The highest BCUT2D eigenvalue weighted by Crippen LogP contribution is 2.41. The molecule has 0 aliphatic carbocycles. The lowest BCUT2D eigenvalue weighted by molar-refractivity contribution is -0.387. The summed E-state index contributed by atoms with van der Waals surface area (Å²) in [6.45, 7) is 5.70. The molecule has 4 nitrogen and oxygen atoms in total. The molecule has 0 radical (unpaired) electrons. The summed E-state index contributed by atoms with van der Waals surface area (Å²) in [5.41, 5.74) is 0.117. The highest BCUT2D eigenvalue weighted by Gasteiger charge is 2.22. The maximum absolute atomic E-state index is 10.8. The number of thiophene rings is 1. The second-order valence-corrected chi connectivity index (χ2v) is 6.38. The molecular formula is C10H15NO3S2. The highest BCUT2D eigenvalue weighted by molar-refractivity contribution is 8.01. The summed E-state index contributed by atoms with van der Waals surface area (Å²) in [4.78, 5) is 11.1.